The maximum Gasteiger partial charge on any atom is 0.0502 e. The second-order valence-corrected chi connectivity index (χ2v) is 12.0. The predicted octanol–water partition coefficient (Wildman–Crippen LogP) is 10.2. The third-order valence-electron chi connectivity index (χ3n) is 8.84. The van der Waals surface area contributed by atoms with E-state index in [2.05, 4.69) is 160 Å². The molecule has 0 aromatic heterocycles. The fraction of sp³-hybridized carbons (Fsp3) is 0.189. The molecule has 0 N–H and O–H groups in total. The number of benzene rings is 5. The molecule has 2 heteroatoms. The Morgan fingerprint density at radius 3 is 1.00 bits per heavy atom. The SMILES string of the molecule is Cc1cc(N2c3ccccc3C(C)(C)c3ccccc32)cc(N2c3ccccc3C(C)(C)c3ccccc32)c1. The second kappa shape index (κ2) is 8.35. The lowest BCUT2D eigenvalue weighted by molar-refractivity contribution is 0.631. The molecule has 0 saturated carbocycles. The first-order valence-electron chi connectivity index (χ1n) is 13.9. The highest BCUT2D eigenvalue weighted by molar-refractivity contribution is 5.90. The van der Waals surface area contributed by atoms with Gasteiger partial charge in [0.25, 0.3) is 0 Å². The molecular weight excluding hydrogens is 472 g/mol. The predicted molar refractivity (Wildman–Crippen MR) is 165 cm³/mol. The summed E-state index contributed by atoms with van der Waals surface area (Å²) in [5, 5.41) is 0. The summed E-state index contributed by atoms with van der Waals surface area (Å²) in [6.07, 6.45) is 0. The van der Waals surface area contributed by atoms with E-state index in [1.165, 1.54) is 61.9 Å². The highest BCUT2D eigenvalue weighted by atomic mass is 15.2. The van der Waals surface area contributed by atoms with E-state index in [1.807, 2.05) is 0 Å². The van der Waals surface area contributed by atoms with Crippen LogP contribution in [0.5, 0.6) is 0 Å². The molecule has 0 bridgehead atoms. The zero-order chi connectivity index (χ0) is 26.9. The Kier molecular flexibility index (Phi) is 5.09. The van der Waals surface area contributed by atoms with Gasteiger partial charge in [-0.05, 0) is 77.2 Å². The summed E-state index contributed by atoms with van der Waals surface area (Å²) in [7, 11) is 0. The summed E-state index contributed by atoms with van der Waals surface area (Å²) in [6, 6.07) is 42.5. The summed E-state index contributed by atoms with van der Waals surface area (Å²) < 4.78 is 0. The zero-order valence-corrected chi connectivity index (χ0v) is 23.4. The lowest BCUT2D eigenvalue weighted by atomic mass is 9.73. The molecule has 7 rings (SSSR count). The Morgan fingerprint density at radius 1 is 0.410 bits per heavy atom. The Morgan fingerprint density at radius 2 is 0.692 bits per heavy atom. The Bertz CT molecular complexity index is 1520. The summed E-state index contributed by atoms with van der Waals surface area (Å²) >= 11 is 0. The Balaban J connectivity index is 1.47. The van der Waals surface area contributed by atoms with Crippen molar-refractivity contribution in [2.75, 3.05) is 9.80 Å². The minimum absolute atomic E-state index is 0.0767. The van der Waals surface area contributed by atoms with Crippen LogP contribution in [0, 0.1) is 6.92 Å². The summed E-state index contributed by atoms with van der Waals surface area (Å²) in [5.41, 5.74) is 13.8. The van der Waals surface area contributed by atoms with Crippen LogP contribution in [0.4, 0.5) is 34.1 Å². The molecule has 0 aliphatic carbocycles. The fourth-order valence-electron chi connectivity index (χ4n) is 6.90. The van der Waals surface area contributed by atoms with E-state index < -0.39 is 0 Å². The quantitative estimate of drug-likeness (QED) is 0.235. The van der Waals surface area contributed by atoms with Crippen molar-refractivity contribution in [1.29, 1.82) is 0 Å². The van der Waals surface area contributed by atoms with Crippen LogP contribution in [0.25, 0.3) is 0 Å². The molecule has 0 spiro atoms. The highest BCUT2D eigenvalue weighted by Crippen LogP contribution is 2.54. The molecule has 2 aliphatic rings. The summed E-state index contributed by atoms with van der Waals surface area (Å²) in [6.45, 7) is 11.6. The van der Waals surface area contributed by atoms with Crippen LogP contribution in [0.3, 0.4) is 0 Å². The monoisotopic (exact) mass is 506 g/mol. The van der Waals surface area contributed by atoms with Crippen molar-refractivity contribution in [3.8, 4) is 0 Å². The van der Waals surface area contributed by atoms with Crippen LogP contribution >= 0.6 is 0 Å². The average molecular weight is 507 g/mol. The molecule has 0 amide bonds. The van der Waals surface area contributed by atoms with Gasteiger partial charge in [0, 0.05) is 22.2 Å². The number of para-hydroxylation sites is 4. The van der Waals surface area contributed by atoms with Crippen LogP contribution in [0.2, 0.25) is 0 Å². The van der Waals surface area contributed by atoms with E-state index in [9.17, 15) is 0 Å². The summed E-state index contributed by atoms with van der Waals surface area (Å²) in [4.78, 5) is 4.91. The minimum Gasteiger partial charge on any atom is -0.310 e. The van der Waals surface area contributed by atoms with Crippen molar-refractivity contribution >= 4 is 34.1 Å². The van der Waals surface area contributed by atoms with E-state index >= 15 is 0 Å². The normalized spacial score (nSPS) is 16.1. The van der Waals surface area contributed by atoms with Gasteiger partial charge < -0.3 is 9.80 Å². The topological polar surface area (TPSA) is 6.48 Å². The fourth-order valence-corrected chi connectivity index (χ4v) is 6.90. The van der Waals surface area contributed by atoms with Gasteiger partial charge in [0.2, 0.25) is 0 Å². The first-order valence-corrected chi connectivity index (χ1v) is 13.9. The molecule has 2 nitrogen and oxygen atoms in total. The molecular formula is C37H34N2. The number of hydrogen-bond acceptors (Lipinski definition) is 2. The van der Waals surface area contributed by atoms with Gasteiger partial charge in [0.05, 0.1) is 22.7 Å². The highest BCUT2D eigenvalue weighted by Gasteiger charge is 2.38. The molecule has 0 atom stereocenters. The first-order chi connectivity index (χ1) is 18.8. The van der Waals surface area contributed by atoms with Crippen LogP contribution in [0.1, 0.15) is 55.5 Å². The van der Waals surface area contributed by atoms with Crippen molar-refractivity contribution in [2.24, 2.45) is 0 Å². The van der Waals surface area contributed by atoms with E-state index in [0.29, 0.717) is 0 Å². The third-order valence-corrected chi connectivity index (χ3v) is 8.84. The lowest BCUT2D eigenvalue weighted by Gasteiger charge is -2.43. The molecule has 5 aromatic rings. The number of hydrogen-bond donors (Lipinski definition) is 0. The third kappa shape index (κ3) is 3.41. The number of rotatable bonds is 2. The Labute approximate surface area is 232 Å². The van der Waals surface area contributed by atoms with Gasteiger partial charge in [-0.25, -0.2) is 0 Å². The van der Waals surface area contributed by atoms with E-state index in [0.717, 1.165) is 0 Å². The van der Waals surface area contributed by atoms with Crippen LogP contribution < -0.4 is 9.80 Å². The molecule has 0 saturated heterocycles. The van der Waals surface area contributed by atoms with Crippen molar-refractivity contribution < 1.29 is 0 Å². The smallest absolute Gasteiger partial charge is 0.0502 e. The van der Waals surface area contributed by atoms with Crippen molar-refractivity contribution in [3.63, 3.8) is 0 Å². The molecule has 39 heavy (non-hydrogen) atoms. The van der Waals surface area contributed by atoms with Gasteiger partial charge in [-0.1, -0.05) is 100 Å². The number of fused-ring (bicyclic) bond motifs is 4. The number of anilines is 6. The lowest BCUT2D eigenvalue weighted by Crippen LogP contribution is -2.31. The van der Waals surface area contributed by atoms with Gasteiger partial charge in [0.15, 0.2) is 0 Å². The minimum atomic E-state index is -0.0767. The van der Waals surface area contributed by atoms with E-state index in [-0.39, 0.29) is 10.8 Å². The number of aryl methyl sites for hydroxylation is 1. The largest absolute Gasteiger partial charge is 0.310 e. The van der Waals surface area contributed by atoms with Crippen LogP contribution in [0.15, 0.2) is 115 Å². The maximum absolute atomic E-state index is 2.46. The van der Waals surface area contributed by atoms with Crippen molar-refractivity contribution in [3.05, 3.63) is 143 Å². The zero-order valence-electron chi connectivity index (χ0n) is 23.4. The standard InChI is InChI=1S/C37H34N2/c1-25-22-26(38-32-18-10-6-14-28(32)36(2,3)29-15-7-11-19-33(29)38)24-27(23-25)39-34-20-12-8-16-30(34)37(4,5)31-17-9-13-21-35(31)39/h6-24H,1-5H3. The maximum atomic E-state index is 2.46. The molecule has 2 heterocycles. The van der Waals surface area contributed by atoms with Crippen molar-refractivity contribution in [1.82, 2.24) is 0 Å². The van der Waals surface area contributed by atoms with Gasteiger partial charge in [-0.2, -0.15) is 0 Å². The molecule has 0 radical (unpaired) electrons. The van der Waals surface area contributed by atoms with Crippen LogP contribution in [-0.2, 0) is 10.8 Å². The Hall–Kier alpha value is -4.30. The van der Waals surface area contributed by atoms with E-state index in [4.69, 9.17) is 0 Å². The van der Waals surface area contributed by atoms with Gasteiger partial charge in [0.1, 0.15) is 0 Å². The van der Waals surface area contributed by atoms with Crippen molar-refractivity contribution in [2.45, 2.75) is 45.4 Å². The summed E-state index contributed by atoms with van der Waals surface area (Å²) in [5.74, 6) is 0. The molecule has 5 aromatic carbocycles. The number of nitrogens with zero attached hydrogens (tertiary/aromatic N) is 2. The van der Waals surface area contributed by atoms with E-state index in [1.54, 1.807) is 0 Å². The van der Waals surface area contributed by atoms with Gasteiger partial charge >= 0.3 is 0 Å². The molecule has 2 aliphatic heterocycles. The second-order valence-electron chi connectivity index (χ2n) is 12.0. The molecule has 0 unspecified atom stereocenters. The van der Waals surface area contributed by atoms with Crippen LogP contribution in [-0.4, -0.2) is 0 Å². The van der Waals surface area contributed by atoms with Gasteiger partial charge in [-0.15, -0.1) is 0 Å². The first kappa shape index (κ1) is 23.8. The average Bonchev–Trinajstić information content (AvgIpc) is 2.93. The molecule has 0 fully saturated rings. The van der Waals surface area contributed by atoms with Gasteiger partial charge in [-0.3, -0.25) is 0 Å². The molecule has 192 valence electrons.